The lowest BCUT2D eigenvalue weighted by atomic mass is 9.71. The Hall–Kier alpha value is -1.24. The summed E-state index contributed by atoms with van der Waals surface area (Å²) in [5, 5.41) is 10.8. The number of hydrogen-bond acceptors (Lipinski definition) is 4. The Morgan fingerprint density at radius 3 is 0.929 bits per heavy atom. The quantitative estimate of drug-likeness (QED) is 0.460. The molecule has 3 fully saturated rings. The van der Waals surface area contributed by atoms with Crippen molar-refractivity contribution in [2.45, 2.75) is 38.5 Å². The molecule has 0 aromatic carbocycles. The molecular weight excluding hydrogens is 180 g/mol. The lowest BCUT2D eigenvalue weighted by Gasteiger charge is -2.35. The Kier molecular flexibility index (Phi) is 7.62. The average molecular weight is 196 g/mol. The van der Waals surface area contributed by atoms with Crippen molar-refractivity contribution in [1.82, 2.24) is 0 Å². The molecule has 78 valence electrons. The predicted octanol–water partition coefficient (Wildman–Crippen LogP) is 2.39. The lowest BCUT2D eigenvalue weighted by Crippen LogP contribution is -2.21. The summed E-state index contributed by atoms with van der Waals surface area (Å²) in [4.78, 5) is 16.7. The summed E-state index contributed by atoms with van der Waals surface area (Å²) in [6.07, 6.45) is 10.9. The highest BCUT2D eigenvalue weighted by Gasteiger charge is 2.26. The topological polar surface area (TPSA) is 81.8 Å². The fraction of sp³-hybridized carbons (Fsp3) is 0.800. The summed E-state index contributed by atoms with van der Waals surface area (Å²) >= 11 is 0. The third-order valence-electron chi connectivity index (χ3n) is 2.95. The third kappa shape index (κ3) is 5.41. The van der Waals surface area contributed by atoms with E-state index in [1.165, 1.54) is 0 Å². The monoisotopic (exact) mass is 196 g/mol. The SMILES string of the molecule is C1CC2CCC1CC2.N=C=O.N=C=O. The number of fused-ring (bicyclic) bond motifs is 3. The molecule has 3 aliphatic carbocycles. The van der Waals surface area contributed by atoms with Crippen molar-refractivity contribution in [3.05, 3.63) is 0 Å². The van der Waals surface area contributed by atoms with Crippen LogP contribution in [0.15, 0.2) is 0 Å². The second kappa shape index (κ2) is 8.36. The van der Waals surface area contributed by atoms with E-state index in [-0.39, 0.29) is 0 Å². The van der Waals surface area contributed by atoms with Crippen LogP contribution in [0.3, 0.4) is 0 Å². The fourth-order valence-corrected chi connectivity index (χ4v) is 2.28. The molecule has 4 nitrogen and oxygen atoms in total. The number of rotatable bonds is 0. The molecule has 0 aliphatic heterocycles. The molecule has 0 aromatic heterocycles. The van der Waals surface area contributed by atoms with Crippen LogP contribution in [0.2, 0.25) is 0 Å². The molecule has 0 radical (unpaired) electrons. The van der Waals surface area contributed by atoms with Crippen molar-refractivity contribution in [2.75, 3.05) is 0 Å². The number of hydrogen-bond donors (Lipinski definition) is 2. The van der Waals surface area contributed by atoms with Gasteiger partial charge in [-0.25, -0.2) is 20.4 Å². The van der Waals surface area contributed by atoms with Gasteiger partial charge < -0.3 is 0 Å². The van der Waals surface area contributed by atoms with Crippen LogP contribution in [-0.4, -0.2) is 12.2 Å². The van der Waals surface area contributed by atoms with Crippen molar-refractivity contribution >= 4 is 12.2 Å². The van der Waals surface area contributed by atoms with Crippen molar-refractivity contribution in [3.8, 4) is 0 Å². The van der Waals surface area contributed by atoms with Gasteiger partial charge in [0.15, 0.2) is 0 Å². The Labute approximate surface area is 83.7 Å². The minimum Gasteiger partial charge on any atom is -0.222 e. The minimum absolute atomic E-state index is 0.750. The molecule has 3 rings (SSSR count). The van der Waals surface area contributed by atoms with Gasteiger partial charge in [-0.15, -0.1) is 0 Å². The standard InChI is InChI=1S/C8H14.2CHNO/c1-2-8-5-3-7(1)4-6-8;2*2-1-3/h7-8H,1-6H2;2*2H. The maximum Gasteiger partial charge on any atom is 0.231 e. The van der Waals surface area contributed by atoms with E-state index in [1.54, 1.807) is 38.5 Å². The van der Waals surface area contributed by atoms with Crippen LogP contribution in [0.4, 0.5) is 0 Å². The highest BCUT2D eigenvalue weighted by Crippen LogP contribution is 2.40. The summed E-state index contributed by atoms with van der Waals surface area (Å²) in [6, 6.07) is 0. The first kappa shape index (κ1) is 12.8. The van der Waals surface area contributed by atoms with E-state index in [2.05, 4.69) is 0 Å². The maximum absolute atomic E-state index is 8.35. The molecule has 2 bridgehead atoms. The smallest absolute Gasteiger partial charge is 0.222 e. The lowest BCUT2D eigenvalue weighted by molar-refractivity contribution is 0.176. The van der Waals surface area contributed by atoms with Crippen molar-refractivity contribution in [1.29, 1.82) is 10.8 Å². The highest BCUT2D eigenvalue weighted by molar-refractivity contribution is 5.26. The van der Waals surface area contributed by atoms with Gasteiger partial charge in [0.05, 0.1) is 0 Å². The van der Waals surface area contributed by atoms with Gasteiger partial charge in [-0.2, -0.15) is 0 Å². The second-order valence-corrected chi connectivity index (χ2v) is 3.67. The van der Waals surface area contributed by atoms with Crippen LogP contribution in [0.5, 0.6) is 0 Å². The summed E-state index contributed by atoms with van der Waals surface area (Å²) in [6.45, 7) is 0. The van der Waals surface area contributed by atoms with Gasteiger partial charge in [0.1, 0.15) is 0 Å². The minimum atomic E-state index is 0.750. The molecule has 2 N–H and O–H groups in total. The zero-order valence-corrected chi connectivity index (χ0v) is 8.21. The molecule has 0 spiro atoms. The van der Waals surface area contributed by atoms with Crippen LogP contribution in [0.25, 0.3) is 0 Å². The molecule has 0 atom stereocenters. The van der Waals surface area contributed by atoms with E-state index in [0.717, 1.165) is 24.0 Å². The Bertz CT molecular complexity index is 173. The normalized spacial score (nSPS) is 26.9. The Balaban J connectivity index is 0.000000242. The average Bonchev–Trinajstić information content (AvgIpc) is 2.23. The molecule has 0 saturated heterocycles. The van der Waals surface area contributed by atoms with E-state index in [4.69, 9.17) is 20.4 Å². The van der Waals surface area contributed by atoms with E-state index in [0.29, 0.717) is 0 Å². The number of isocyanates is 2. The van der Waals surface area contributed by atoms with Crippen LogP contribution in [0, 0.1) is 22.7 Å². The molecule has 14 heavy (non-hydrogen) atoms. The molecular formula is C10H16N2O2. The van der Waals surface area contributed by atoms with Gasteiger partial charge in [0.25, 0.3) is 0 Å². The van der Waals surface area contributed by atoms with E-state index in [9.17, 15) is 0 Å². The maximum atomic E-state index is 8.35. The third-order valence-corrected chi connectivity index (χ3v) is 2.95. The molecule has 0 heterocycles. The zero-order valence-electron chi connectivity index (χ0n) is 8.21. The summed E-state index contributed by atoms with van der Waals surface area (Å²) in [7, 11) is 0. The summed E-state index contributed by atoms with van der Waals surface area (Å²) < 4.78 is 0. The summed E-state index contributed by atoms with van der Waals surface area (Å²) in [5.74, 6) is 2.31. The van der Waals surface area contributed by atoms with Crippen LogP contribution in [-0.2, 0) is 9.59 Å². The van der Waals surface area contributed by atoms with Crippen LogP contribution >= 0.6 is 0 Å². The van der Waals surface area contributed by atoms with Gasteiger partial charge in [0, 0.05) is 0 Å². The highest BCUT2D eigenvalue weighted by atomic mass is 16.1. The second-order valence-electron chi connectivity index (χ2n) is 3.67. The number of carbonyl (C=O) groups excluding carboxylic acids is 2. The summed E-state index contributed by atoms with van der Waals surface area (Å²) in [5.41, 5.74) is 0. The van der Waals surface area contributed by atoms with Gasteiger partial charge >= 0.3 is 0 Å². The van der Waals surface area contributed by atoms with Crippen molar-refractivity contribution in [3.63, 3.8) is 0 Å². The first-order valence-electron chi connectivity index (χ1n) is 4.86. The zero-order chi connectivity index (χ0) is 10.8. The first-order chi connectivity index (χ1) is 6.78. The fourth-order valence-electron chi connectivity index (χ4n) is 2.28. The van der Waals surface area contributed by atoms with E-state index >= 15 is 0 Å². The van der Waals surface area contributed by atoms with Gasteiger partial charge in [0.2, 0.25) is 12.2 Å². The predicted molar refractivity (Wildman–Crippen MR) is 51.5 cm³/mol. The molecule has 0 aromatic rings. The molecule has 0 amide bonds. The van der Waals surface area contributed by atoms with Gasteiger partial charge in [-0.1, -0.05) is 38.5 Å². The molecule has 0 unspecified atom stereocenters. The molecule has 4 heteroatoms. The number of nitrogens with one attached hydrogen (secondary N) is 2. The van der Waals surface area contributed by atoms with E-state index in [1.807, 2.05) is 0 Å². The Morgan fingerprint density at radius 2 is 0.857 bits per heavy atom. The Morgan fingerprint density at radius 1 is 0.714 bits per heavy atom. The largest absolute Gasteiger partial charge is 0.231 e. The van der Waals surface area contributed by atoms with Gasteiger partial charge in [-0.3, -0.25) is 0 Å². The van der Waals surface area contributed by atoms with Crippen molar-refractivity contribution in [2.24, 2.45) is 11.8 Å². The first-order valence-corrected chi connectivity index (χ1v) is 4.86. The van der Waals surface area contributed by atoms with Crippen LogP contribution < -0.4 is 0 Å². The van der Waals surface area contributed by atoms with E-state index < -0.39 is 0 Å². The molecule has 3 aliphatic rings. The van der Waals surface area contributed by atoms with Crippen LogP contribution in [0.1, 0.15) is 38.5 Å². The molecule has 3 saturated carbocycles. The van der Waals surface area contributed by atoms with Crippen molar-refractivity contribution < 1.29 is 9.59 Å². The van der Waals surface area contributed by atoms with Gasteiger partial charge in [-0.05, 0) is 11.8 Å².